The molecule has 29 heavy (non-hydrogen) atoms. The highest BCUT2D eigenvalue weighted by molar-refractivity contribution is 7.92. The van der Waals surface area contributed by atoms with E-state index in [4.69, 9.17) is 0 Å². The number of rotatable bonds is 8. The number of benzene rings is 2. The second kappa shape index (κ2) is 9.41. The van der Waals surface area contributed by atoms with Crippen molar-refractivity contribution in [1.29, 1.82) is 0 Å². The quantitative estimate of drug-likeness (QED) is 0.673. The van der Waals surface area contributed by atoms with Gasteiger partial charge in [-0.1, -0.05) is 24.3 Å². The average Bonchev–Trinajstić information content (AvgIpc) is 3.25. The number of carbonyl (C=O) groups is 1. The van der Waals surface area contributed by atoms with Gasteiger partial charge in [0.15, 0.2) is 0 Å². The molecule has 0 bridgehead atoms. The molecule has 156 valence electrons. The third kappa shape index (κ3) is 5.16. The Balaban J connectivity index is 1.67. The molecule has 0 aliphatic carbocycles. The van der Waals surface area contributed by atoms with Crippen molar-refractivity contribution < 1.29 is 13.2 Å². The largest absolute Gasteiger partial charge is 0.352 e. The van der Waals surface area contributed by atoms with Crippen LogP contribution in [0.15, 0.2) is 53.4 Å². The monoisotopic (exact) mass is 415 g/mol. The molecule has 2 aromatic rings. The lowest BCUT2D eigenvalue weighted by Gasteiger charge is -2.22. The Morgan fingerprint density at radius 1 is 1.10 bits per heavy atom. The van der Waals surface area contributed by atoms with Crippen LogP contribution >= 0.6 is 0 Å². The van der Waals surface area contributed by atoms with Crippen LogP contribution in [0.4, 0.5) is 5.69 Å². The number of nitrogens with one attached hydrogen (secondary N) is 1. The summed E-state index contributed by atoms with van der Waals surface area (Å²) in [7, 11) is -2.18. The van der Waals surface area contributed by atoms with Crippen LogP contribution in [0.3, 0.4) is 0 Å². The Labute approximate surface area is 173 Å². The molecule has 1 aliphatic heterocycles. The van der Waals surface area contributed by atoms with E-state index in [-0.39, 0.29) is 10.8 Å². The minimum atomic E-state index is -3.69. The molecule has 7 heteroatoms. The molecule has 0 aromatic heterocycles. The number of aryl methyl sites for hydroxylation is 1. The van der Waals surface area contributed by atoms with E-state index in [0.29, 0.717) is 17.8 Å². The molecule has 0 radical (unpaired) electrons. The Morgan fingerprint density at radius 2 is 1.79 bits per heavy atom. The van der Waals surface area contributed by atoms with Gasteiger partial charge in [0, 0.05) is 19.2 Å². The van der Waals surface area contributed by atoms with Crippen LogP contribution in [0.2, 0.25) is 0 Å². The summed E-state index contributed by atoms with van der Waals surface area (Å²) in [5, 5.41) is 2.95. The lowest BCUT2D eigenvalue weighted by molar-refractivity contribution is 0.0952. The van der Waals surface area contributed by atoms with Gasteiger partial charge in [-0.3, -0.25) is 9.10 Å². The molecular weight excluding hydrogens is 386 g/mol. The summed E-state index contributed by atoms with van der Waals surface area (Å²) >= 11 is 0. The van der Waals surface area contributed by atoms with Crippen molar-refractivity contribution in [3.8, 4) is 0 Å². The first kappa shape index (κ1) is 21.3. The molecule has 6 nitrogen and oxygen atoms in total. The normalized spacial score (nSPS) is 14.7. The fraction of sp³-hybridized carbons (Fsp3) is 0.409. The Bertz CT molecular complexity index is 939. The summed E-state index contributed by atoms with van der Waals surface area (Å²) in [6.45, 7) is 5.74. The van der Waals surface area contributed by atoms with Gasteiger partial charge in [-0.15, -0.1) is 0 Å². The van der Waals surface area contributed by atoms with Gasteiger partial charge in [0.05, 0.1) is 10.6 Å². The zero-order valence-electron chi connectivity index (χ0n) is 17.1. The number of anilines is 1. The predicted molar refractivity (Wildman–Crippen MR) is 116 cm³/mol. The van der Waals surface area contributed by atoms with E-state index in [1.807, 2.05) is 6.92 Å². The number of sulfonamides is 1. The molecule has 3 rings (SSSR count). The number of hydrogen-bond acceptors (Lipinski definition) is 4. The number of carbonyl (C=O) groups excluding carboxylic acids is 1. The highest BCUT2D eigenvalue weighted by atomic mass is 32.2. The van der Waals surface area contributed by atoms with E-state index in [1.165, 1.54) is 24.2 Å². The first-order valence-electron chi connectivity index (χ1n) is 10.0. The number of amides is 1. The van der Waals surface area contributed by atoms with Gasteiger partial charge in [0.25, 0.3) is 15.9 Å². The summed E-state index contributed by atoms with van der Waals surface area (Å²) < 4.78 is 27.1. The summed E-state index contributed by atoms with van der Waals surface area (Å²) in [6, 6.07) is 13.5. The number of nitrogens with zero attached hydrogens (tertiary/aromatic N) is 2. The maximum Gasteiger partial charge on any atom is 0.264 e. The van der Waals surface area contributed by atoms with Crippen molar-refractivity contribution >= 4 is 21.6 Å². The second-order valence-corrected chi connectivity index (χ2v) is 9.41. The molecule has 0 spiro atoms. The SMILES string of the molecule is Cc1ccc(C(=O)NCCCN2CCCC2)cc1N(C)S(=O)(=O)c1ccccc1. The smallest absolute Gasteiger partial charge is 0.264 e. The molecule has 1 heterocycles. The zero-order chi connectivity index (χ0) is 20.9. The van der Waals surface area contributed by atoms with E-state index in [1.54, 1.807) is 48.5 Å². The van der Waals surface area contributed by atoms with Crippen LogP contribution in [0.5, 0.6) is 0 Å². The third-order valence-electron chi connectivity index (χ3n) is 5.35. The standard InChI is InChI=1S/C22H29N3O3S/c1-18-11-12-19(22(26)23-13-8-16-25-14-6-7-15-25)17-21(18)24(2)29(27,28)20-9-4-3-5-10-20/h3-5,9-12,17H,6-8,13-16H2,1-2H3,(H,23,26). The number of hydrogen-bond donors (Lipinski definition) is 1. The van der Waals surface area contributed by atoms with E-state index in [9.17, 15) is 13.2 Å². The van der Waals surface area contributed by atoms with Gasteiger partial charge >= 0.3 is 0 Å². The molecule has 0 saturated carbocycles. The van der Waals surface area contributed by atoms with Gasteiger partial charge < -0.3 is 10.2 Å². The summed E-state index contributed by atoms with van der Waals surface area (Å²) in [5.41, 5.74) is 1.75. The first-order chi connectivity index (χ1) is 13.9. The van der Waals surface area contributed by atoms with Crippen LogP contribution in [-0.2, 0) is 10.0 Å². The van der Waals surface area contributed by atoms with Gasteiger partial charge in [0.2, 0.25) is 0 Å². The maximum atomic E-state index is 12.9. The lowest BCUT2D eigenvalue weighted by Crippen LogP contribution is -2.30. The molecule has 2 aromatic carbocycles. The van der Waals surface area contributed by atoms with Crippen molar-refractivity contribution in [2.24, 2.45) is 0 Å². The minimum Gasteiger partial charge on any atom is -0.352 e. The van der Waals surface area contributed by atoms with Gasteiger partial charge in [-0.2, -0.15) is 0 Å². The van der Waals surface area contributed by atoms with Gasteiger partial charge in [-0.05, 0) is 75.6 Å². The van der Waals surface area contributed by atoms with E-state index in [0.717, 1.165) is 31.6 Å². The molecule has 0 atom stereocenters. The average molecular weight is 416 g/mol. The van der Waals surface area contributed by atoms with Crippen molar-refractivity contribution in [3.63, 3.8) is 0 Å². The van der Waals surface area contributed by atoms with E-state index < -0.39 is 10.0 Å². The summed E-state index contributed by atoms with van der Waals surface area (Å²) in [5.74, 6) is -0.182. The van der Waals surface area contributed by atoms with Crippen LogP contribution in [0, 0.1) is 6.92 Å². The van der Waals surface area contributed by atoms with Crippen LogP contribution in [0.1, 0.15) is 35.2 Å². The van der Waals surface area contributed by atoms with Crippen molar-refractivity contribution in [1.82, 2.24) is 10.2 Å². The van der Waals surface area contributed by atoms with E-state index in [2.05, 4.69) is 10.2 Å². The fourth-order valence-corrected chi connectivity index (χ4v) is 4.86. The van der Waals surface area contributed by atoms with Crippen LogP contribution in [-0.4, -0.2) is 52.5 Å². The lowest BCUT2D eigenvalue weighted by atomic mass is 10.1. The molecular formula is C22H29N3O3S. The summed E-state index contributed by atoms with van der Waals surface area (Å²) in [4.78, 5) is 15.2. The highest BCUT2D eigenvalue weighted by Gasteiger charge is 2.23. The molecule has 1 aliphatic rings. The van der Waals surface area contributed by atoms with Crippen molar-refractivity contribution in [3.05, 3.63) is 59.7 Å². The maximum absolute atomic E-state index is 12.9. The Hall–Kier alpha value is -2.38. The Kier molecular flexibility index (Phi) is 6.92. The highest BCUT2D eigenvalue weighted by Crippen LogP contribution is 2.26. The zero-order valence-corrected chi connectivity index (χ0v) is 17.9. The molecule has 1 saturated heterocycles. The van der Waals surface area contributed by atoms with Gasteiger partial charge in [0.1, 0.15) is 0 Å². The molecule has 1 fully saturated rings. The van der Waals surface area contributed by atoms with Crippen LogP contribution < -0.4 is 9.62 Å². The van der Waals surface area contributed by atoms with Crippen molar-refractivity contribution in [2.75, 3.05) is 37.5 Å². The fourth-order valence-electron chi connectivity index (χ4n) is 3.58. The number of likely N-dealkylation sites (tertiary alicyclic amines) is 1. The third-order valence-corrected chi connectivity index (χ3v) is 7.13. The topological polar surface area (TPSA) is 69.7 Å². The first-order valence-corrected chi connectivity index (χ1v) is 11.5. The van der Waals surface area contributed by atoms with Gasteiger partial charge in [-0.25, -0.2) is 8.42 Å². The van der Waals surface area contributed by atoms with Crippen molar-refractivity contribution in [2.45, 2.75) is 31.1 Å². The van der Waals surface area contributed by atoms with E-state index >= 15 is 0 Å². The summed E-state index contributed by atoms with van der Waals surface area (Å²) in [6.07, 6.45) is 3.43. The molecule has 1 amide bonds. The minimum absolute atomic E-state index is 0.182. The van der Waals surface area contributed by atoms with Crippen LogP contribution in [0.25, 0.3) is 0 Å². The predicted octanol–water partition coefficient (Wildman–Crippen LogP) is 3.04. The Morgan fingerprint density at radius 3 is 2.48 bits per heavy atom. The molecule has 0 unspecified atom stereocenters. The second-order valence-electron chi connectivity index (χ2n) is 7.45. The molecule has 1 N–H and O–H groups in total.